The van der Waals surface area contributed by atoms with Gasteiger partial charge in [0, 0.05) is 5.57 Å². The van der Waals surface area contributed by atoms with Gasteiger partial charge in [-0.3, -0.25) is 0 Å². The molecule has 1 aliphatic rings. The maximum absolute atomic E-state index is 15.6. The topological polar surface area (TPSA) is 52.6 Å². The van der Waals surface area contributed by atoms with Gasteiger partial charge in [0.15, 0.2) is 9.84 Å². The Kier molecular flexibility index (Phi) is 5.54. The number of sulfone groups is 1. The Labute approximate surface area is 166 Å². The molecule has 7 heteroatoms. The summed E-state index contributed by atoms with van der Waals surface area (Å²) in [6.45, 7) is 7.29. The maximum atomic E-state index is 15.6. The fourth-order valence-electron chi connectivity index (χ4n) is 2.92. The summed E-state index contributed by atoms with van der Waals surface area (Å²) in [6, 6.07) is 16.7. The average Bonchev–Trinajstić information content (AvgIpc) is 2.88. The first-order chi connectivity index (χ1) is 13.0. The van der Waals surface area contributed by atoms with Crippen LogP contribution >= 0.6 is 0 Å². The first kappa shape index (κ1) is 20.8. The van der Waals surface area contributed by atoms with Crippen LogP contribution < -0.4 is 0 Å². The highest BCUT2D eigenvalue weighted by molar-refractivity contribution is 7.91. The van der Waals surface area contributed by atoms with Crippen molar-refractivity contribution in [1.82, 2.24) is 0 Å². The Morgan fingerprint density at radius 1 is 0.893 bits per heavy atom. The van der Waals surface area contributed by atoms with Crippen LogP contribution in [-0.4, -0.2) is 32.5 Å². The molecule has 4 nitrogen and oxygen atoms in total. The van der Waals surface area contributed by atoms with Crippen LogP contribution in [0.3, 0.4) is 0 Å². The predicted molar refractivity (Wildman–Crippen MR) is 109 cm³/mol. The Bertz CT molecular complexity index is 954. The van der Waals surface area contributed by atoms with Gasteiger partial charge in [0.25, 0.3) is 0 Å². The SMILES string of the molecule is CC1(C)OB(C(F)=C(CS(=O)(=O)c2ccccc2)c2ccccc2)OC1(C)C. The molecular weight excluding hydrogens is 378 g/mol. The number of hydrogen-bond acceptors (Lipinski definition) is 4. The summed E-state index contributed by atoms with van der Waals surface area (Å²) < 4.78 is 53.0. The minimum absolute atomic E-state index is 0.0444. The molecule has 1 heterocycles. The van der Waals surface area contributed by atoms with Gasteiger partial charge in [-0.05, 0) is 45.4 Å². The molecule has 0 bridgehead atoms. The Morgan fingerprint density at radius 3 is 1.86 bits per heavy atom. The normalized spacial score (nSPS) is 19.4. The third kappa shape index (κ3) is 4.07. The van der Waals surface area contributed by atoms with Crippen molar-refractivity contribution >= 4 is 22.5 Å². The summed E-state index contributed by atoms with van der Waals surface area (Å²) in [5, 5.41) is 0. The summed E-state index contributed by atoms with van der Waals surface area (Å²) in [5.74, 6) is -0.489. The van der Waals surface area contributed by atoms with Crippen molar-refractivity contribution in [2.45, 2.75) is 43.8 Å². The largest absolute Gasteiger partial charge is 0.525 e. The second-order valence-electron chi connectivity index (χ2n) is 7.85. The number of benzene rings is 2. The fraction of sp³-hybridized carbons (Fsp3) is 0.333. The van der Waals surface area contributed by atoms with E-state index in [0.717, 1.165) is 0 Å². The van der Waals surface area contributed by atoms with E-state index in [1.54, 1.807) is 48.5 Å². The van der Waals surface area contributed by atoms with Gasteiger partial charge in [0.1, 0.15) is 5.73 Å². The second-order valence-corrected chi connectivity index (χ2v) is 9.84. The smallest absolute Gasteiger partial charge is 0.398 e. The Hall–Kier alpha value is -1.96. The van der Waals surface area contributed by atoms with Crippen LogP contribution in [0.15, 0.2) is 71.3 Å². The summed E-state index contributed by atoms with van der Waals surface area (Å²) in [4.78, 5) is 0.144. The monoisotopic (exact) mass is 402 g/mol. The molecule has 3 rings (SSSR count). The molecule has 0 atom stereocenters. The van der Waals surface area contributed by atoms with Crippen LogP contribution in [0.4, 0.5) is 4.39 Å². The number of halogens is 1. The van der Waals surface area contributed by atoms with Crippen molar-refractivity contribution in [2.75, 3.05) is 5.75 Å². The van der Waals surface area contributed by atoms with Crippen molar-refractivity contribution in [3.63, 3.8) is 0 Å². The van der Waals surface area contributed by atoms with Crippen molar-refractivity contribution in [3.05, 3.63) is 72.0 Å². The van der Waals surface area contributed by atoms with Crippen LogP contribution in [0.25, 0.3) is 5.57 Å². The van der Waals surface area contributed by atoms with Gasteiger partial charge < -0.3 is 9.31 Å². The van der Waals surface area contributed by atoms with E-state index >= 15 is 4.39 Å². The molecular formula is C21H24BFO4S. The lowest BCUT2D eigenvalue weighted by molar-refractivity contribution is 0.00578. The van der Waals surface area contributed by atoms with E-state index in [9.17, 15) is 8.42 Å². The molecule has 0 spiro atoms. The van der Waals surface area contributed by atoms with Gasteiger partial charge in [-0.25, -0.2) is 12.8 Å². The molecule has 1 aliphatic heterocycles. The van der Waals surface area contributed by atoms with E-state index in [0.29, 0.717) is 5.56 Å². The molecule has 0 aromatic heterocycles. The highest BCUT2D eigenvalue weighted by Gasteiger charge is 2.53. The van der Waals surface area contributed by atoms with Gasteiger partial charge in [0.05, 0.1) is 21.9 Å². The molecule has 0 saturated carbocycles. The average molecular weight is 402 g/mol. The van der Waals surface area contributed by atoms with Crippen LogP contribution in [-0.2, 0) is 19.1 Å². The fourth-order valence-corrected chi connectivity index (χ4v) is 4.34. The van der Waals surface area contributed by atoms with Gasteiger partial charge in [-0.2, -0.15) is 0 Å². The summed E-state index contributed by atoms with van der Waals surface area (Å²) in [5.41, 5.74) is -1.65. The molecule has 1 saturated heterocycles. The third-order valence-electron chi connectivity index (χ3n) is 5.31. The quantitative estimate of drug-likeness (QED) is 0.693. The van der Waals surface area contributed by atoms with Crippen molar-refractivity contribution in [2.24, 2.45) is 0 Å². The lowest BCUT2D eigenvalue weighted by Gasteiger charge is -2.32. The summed E-state index contributed by atoms with van der Waals surface area (Å²) in [7, 11) is -5.01. The van der Waals surface area contributed by atoms with Crippen molar-refractivity contribution in [3.8, 4) is 0 Å². The van der Waals surface area contributed by atoms with Crippen LogP contribution in [0.1, 0.15) is 33.3 Å². The van der Waals surface area contributed by atoms with Gasteiger partial charge >= 0.3 is 7.12 Å². The zero-order valence-corrected chi connectivity index (χ0v) is 17.3. The van der Waals surface area contributed by atoms with E-state index in [4.69, 9.17) is 9.31 Å². The highest BCUT2D eigenvalue weighted by Crippen LogP contribution is 2.40. The van der Waals surface area contributed by atoms with Crippen LogP contribution in [0, 0.1) is 0 Å². The minimum Gasteiger partial charge on any atom is -0.398 e. The Balaban J connectivity index is 2.05. The summed E-state index contributed by atoms with van der Waals surface area (Å²) >= 11 is 0. The van der Waals surface area contributed by atoms with E-state index in [1.807, 2.05) is 27.7 Å². The Morgan fingerprint density at radius 2 is 1.36 bits per heavy atom. The van der Waals surface area contributed by atoms with Gasteiger partial charge in [0.2, 0.25) is 0 Å². The molecule has 0 N–H and O–H groups in total. The number of hydrogen-bond donors (Lipinski definition) is 0. The first-order valence-corrected chi connectivity index (χ1v) is 10.8. The number of rotatable bonds is 5. The molecule has 28 heavy (non-hydrogen) atoms. The minimum atomic E-state index is -3.75. The molecule has 1 fully saturated rings. The first-order valence-electron chi connectivity index (χ1n) is 9.11. The van der Waals surface area contributed by atoms with Gasteiger partial charge in [-0.15, -0.1) is 0 Å². The molecule has 0 aliphatic carbocycles. The van der Waals surface area contributed by atoms with E-state index in [2.05, 4.69) is 0 Å². The highest BCUT2D eigenvalue weighted by atomic mass is 32.2. The van der Waals surface area contributed by atoms with E-state index in [-0.39, 0.29) is 10.5 Å². The maximum Gasteiger partial charge on any atom is 0.525 e. The van der Waals surface area contributed by atoms with Crippen molar-refractivity contribution < 1.29 is 22.1 Å². The molecule has 2 aromatic rings. The van der Waals surface area contributed by atoms with E-state index < -0.39 is 39.6 Å². The molecule has 0 unspecified atom stereocenters. The molecule has 0 amide bonds. The lowest BCUT2D eigenvalue weighted by atomic mass is 9.83. The lowest BCUT2D eigenvalue weighted by Crippen LogP contribution is -2.41. The standard InChI is InChI=1S/C21H24BFO4S/c1-20(2)21(3,4)27-22(26-20)19(23)18(16-11-7-5-8-12-16)15-28(24,25)17-13-9-6-10-14-17/h5-14H,15H2,1-4H3. The van der Waals surface area contributed by atoms with Crippen LogP contribution in [0.2, 0.25) is 0 Å². The molecule has 148 valence electrons. The summed E-state index contributed by atoms with van der Waals surface area (Å²) in [6.07, 6.45) is 0. The molecule has 2 aromatic carbocycles. The van der Waals surface area contributed by atoms with Crippen LogP contribution in [0.5, 0.6) is 0 Å². The predicted octanol–water partition coefficient (Wildman–Crippen LogP) is 4.47. The van der Waals surface area contributed by atoms with E-state index in [1.165, 1.54) is 12.1 Å². The van der Waals surface area contributed by atoms with Gasteiger partial charge in [-0.1, -0.05) is 48.5 Å². The third-order valence-corrected chi connectivity index (χ3v) is 6.97. The zero-order chi connectivity index (χ0) is 20.6. The second kappa shape index (κ2) is 7.46. The molecule has 0 radical (unpaired) electrons. The van der Waals surface area contributed by atoms with Crippen molar-refractivity contribution in [1.29, 1.82) is 0 Å². The zero-order valence-electron chi connectivity index (χ0n) is 16.5.